The average molecular weight is 380 g/mol. The lowest BCUT2D eigenvalue weighted by molar-refractivity contribution is 0.102. The third kappa shape index (κ3) is 2.89. The second-order valence-electron chi connectivity index (χ2n) is 5.58. The first kappa shape index (κ1) is 16.1. The van der Waals surface area contributed by atoms with Crippen molar-refractivity contribution in [3.63, 3.8) is 0 Å². The van der Waals surface area contributed by atoms with Crippen LogP contribution in [0.1, 0.15) is 34.4 Å². The number of carbonyl (C=O) groups excluding carboxylic acids is 1. The second-order valence-corrected chi connectivity index (χ2v) is 6.94. The number of anilines is 1. The highest BCUT2D eigenvalue weighted by Gasteiger charge is 2.30. The van der Waals surface area contributed by atoms with Crippen LogP contribution in [0.5, 0.6) is 11.5 Å². The molecule has 0 saturated heterocycles. The average Bonchev–Trinajstić information content (AvgIpc) is 3.23. The van der Waals surface area contributed by atoms with Crippen LogP contribution in [0.3, 0.4) is 0 Å². The molecule has 10 heteroatoms. The minimum atomic E-state index is -0.361. The summed E-state index contributed by atoms with van der Waals surface area (Å²) in [5, 5.41) is 16.0. The molecular weight excluding hydrogens is 366 g/mol. The van der Waals surface area contributed by atoms with E-state index in [1.165, 1.54) is 25.6 Å². The van der Waals surface area contributed by atoms with Crippen LogP contribution in [0, 0.1) is 0 Å². The van der Waals surface area contributed by atoms with E-state index in [1.807, 2.05) is 0 Å². The van der Waals surface area contributed by atoms with E-state index in [9.17, 15) is 4.79 Å². The fourth-order valence-electron chi connectivity index (χ4n) is 2.45. The number of benzene rings is 1. The van der Waals surface area contributed by atoms with Gasteiger partial charge >= 0.3 is 0 Å². The molecule has 1 N–H and O–H groups in total. The second kappa shape index (κ2) is 6.16. The van der Waals surface area contributed by atoms with E-state index < -0.39 is 0 Å². The van der Waals surface area contributed by atoms with Gasteiger partial charge in [-0.25, -0.2) is 0 Å². The van der Waals surface area contributed by atoms with Crippen molar-refractivity contribution in [3.8, 4) is 11.5 Å². The van der Waals surface area contributed by atoms with Crippen molar-refractivity contribution in [1.29, 1.82) is 0 Å². The molecule has 0 unspecified atom stereocenters. The molecule has 0 spiro atoms. The van der Waals surface area contributed by atoms with Crippen molar-refractivity contribution in [2.75, 3.05) is 19.5 Å². The van der Waals surface area contributed by atoms with Crippen molar-refractivity contribution in [3.05, 3.63) is 28.0 Å². The summed E-state index contributed by atoms with van der Waals surface area (Å²) < 4.78 is 12.1. The number of fused-ring (bicyclic) bond motifs is 1. The number of nitrogens with zero attached hydrogens (tertiary/aromatic N) is 4. The van der Waals surface area contributed by atoms with Gasteiger partial charge in [0, 0.05) is 18.1 Å². The molecule has 1 aromatic carbocycles. The fraction of sp³-hybridized carbons (Fsp3) is 0.333. The van der Waals surface area contributed by atoms with Crippen LogP contribution in [-0.4, -0.2) is 39.9 Å². The number of hydrogen-bond donors (Lipinski definition) is 1. The third-order valence-electron chi connectivity index (χ3n) is 3.87. The molecule has 1 aliphatic rings. The molecule has 130 valence electrons. The molecule has 8 nitrogen and oxygen atoms in total. The molecule has 0 atom stereocenters. The minimum absolute atomic E-state index is 0.294. The zero-order valence-electron chi connectivity index (χ0n) is 13.4. The van der Waals surface area contributed by atoms with Crippen molar-refractivity contribution in [2.24, 2.45) is 0 Å². The molecule has 0 aliphatic heterocycles. The van der Waals surface area contributed by atoms with Crippen molar-refractivity contribution < 1.29 is 14.3 Å². The van der Waals surface area contributed by atoms with Gasteiger partial charge in [-0.1, -0.05) is 22.9 Å². The van der Waals surface area contributed by atoms with Gasteiger partial charge in [-0.05, 0) is 12.8 Å². The van der Waals surface area contributed by atoms with Crippen LogP contribution in [0.2, 0.25) is 5.02 Å². The Labute approximate surface area is 151 Å². The van der Waals surface area contributed by atoms with Gasteiger partial charge in [-0.15, -0.1) is 15.3 Å². The van der Waals surface area contributed by atoms with E-state index in [0.717, 1.165) is 18.7 Å². The number of amides is 1. The quantitative estimate of drug-likeness (QED) is 0.732. The van der Waals surface area contributed by atoms with Gasteiger partial charge in [0.1, 0.15) is 11.5 Å². The summed E-state index contributed by atoms with van der Waals surface area (Å²) in [5.74, 6) is 1.72. The molecule has 1 amide bonds. The lowest BCUT2D eigenvalue weighted by atomic mass is 10.2. The van der Waals surface area contributed by atoms with Crippen molar-refractivity contribution in [2.45, 2.75) is 18.8 Å². The zero-order chi connectivity index (χ0) is 17.6. The van der Waals surface area contributed by atoms with Gasteiger partial charge in [-0.3, -0.25) is 4.79 Å². The molecule has 2 heterocycles. The topological polar surface area (TPSA) is 90.6 Å². The highest BCUT2D eigenvalue weighted by Crippen LogP contribution is 2.39. The number of carbonyl (C=O) groups is 1. The van der Waals surface area contributed by atoms with Crippen LogP contribution in [0.25, 0.3) is 4.96 Å². The largest absolute Gasteiger partial charge is 0.495 e. The Morgan fingerprint density at radius 1 is 1.28 bits per heavy atom. The Kier molecular flexibility index (Phi) is 3.97. The van der Waals surface area contributed by atoms with Crippen LogP contribution < -0.4 is 14.8 Å². The molecular formula is C15H14ClN5O3S. The molecule has 25 heavy (non-hydrogen) atoms. The summed E-state index contributed by atoms with van der Waals surface area (Å²) in [6, 6.07) is 3.19. The van der Waals surface area contributed by atoms with Crippen LogP contribution in [-0.2, 0) is 0 Å². The Morgan fingerprint density at radius 3 is 2.72 bits per heavy atom. The summed E-state index contributed by atoms with van der Waals surface area (Å²) in [5.41, 5.74) is 0.446. The number of rotatable bonds is 5. The number of nitrogens with one attached hydrogen (secondary N) is 1. The molecule has 0 radical (unpaired) electrons. The molecule has 3 aromatic rings. The molecule has 4 rings (SSSR count). The lowest BCUT2D eigenvalue weighted by Crippen LogP contribution is -2.13. The third-order valence-corrected chi connectivity index (χ3v) is 5.07. The van der Waals surface area contributed by atoms with Gasteiger partial charge in [0.15, 0.2) is 5.82 Å². The predicted octanol–water partition coefficient (Wildman–Crippen LogP) is 2.99. The van der Waals surface area contributed by atoms with Crippen LogP contribution in [0.15, 0.2) is 12.1 Å². The van der Waals surface area contributed by atoms with Crippen LogP contribution in [0.4, 0.5) is 5.69 Å². The molecule has 1 saturated carbocycles. The Bertz CT molecular complexity index is 966. The molecule has 1 fully saturated rings. The maximum Gasteiger partial charge on any atom is 0.286 e. The lowest BCUT2D eigenvalue weighted by Gasteiger charge is -2.12. The van der Waals surface area contributed by atoms with E-state index in [1.54, 1.807) is 16.6 Å². The van der Waals surface area contributed by atoms with E-state index >= 15 is 0 Å². The number of ether oxygens (including phenoxy) is 2. The smallest absolute Gasteiger partial charge is 0.286 e. The highest BCUT2D eigenvalue weighted by molar-refractivity contribution is 7.18. The van der Waals surface area contributed by atoms with E-state index in [2.05, 4.69) is 20.6 Å². The summed E-state index contributed by atoms with van der Waals surface area (Å²) in [4.78, 5) is 13.2. The predicted molar refractivity (Wildman–Crippen MR) is 93.1 cm³/mol. The van der Waals surface area contributed by atoms with Gasteiger partial charge in [0.2, 0.25) is 9.97 Å². The SMILES string of the molecule is COc1cc(NC(=O)c2nn3c(C4CC4)nnc3s2)c(OC)cc1Cl. The maximum absolute atomic E-state index is 12.6. The summed E-state index contributed by atoms with van der Waals surface area (Å²) >= 11 is 7.26. The summed E-state index contributed by atoms with van der Waals surface area (Å²) in [6.45, 7) is 0. The standard InChI is InChI=1S/C15H14ClN5O3S/c1-23-10-6-9(11(24-2)5-8(10)16)17-13(22)14-20-21-12(7-3-4-7)18-19-15(21)25-14/h5-7H,3-4H2,1-2H3,(H,17,22). The Balaban J connectivity index is 1.63. The summed E-state index contributed by atoms with van der Waals surface area (Å²) in [7, 11) is 3.00. The zero-order valence-corrected chi connectivity index (χ0v) is 15.0. The van der Waals surface area contributed by atoms with Crippen molar-refractivity contribution >= 4 is 39.5 Å². The van der Waals surface area contributed by atoms with Gasteiger partial charge in [-0.2, -0.15) is 4.52 Å². The maximum atomic E-state index is 12.6. The van der Waals surface area contributed by atoms with E-state index in [4.69, 9.17) is 21.1 Å². The number of halogens is 1. The fourth-order valence-corrected chi connectivity index (χ4v) is 3.43. The monoisotopic (exact) mass is 379 g/mol. The Hall–Kier alpha value is -2.39. The number of aromatic nitrogens is 4. The van der Waals surface area contributed by atoms with Gasteiger partial charge < -0.3 is 14.8 Å². The van der Waals surface area contributed by atoms with E-state index in [-0.39, 0.29) is 5.91 Å². The van der Waals surface area contributed by atoms with Gasteiger partial charge in [0.25, 0.3) is 5.91 Å². The number of methoxy groups -OCH3 is 2. The normalized spacial score (nSPS) is 13.9. The Morgan fingerprint density at radius 2 is 2.04 bits per heavy atom. The molecule has 0 bridgehead atoms. The molecule has 1 aliphatic carbocycles. The number of hydrogen-bond acceptors (Lipinski definition) is 7. The highest BCUT2D eigenvalue weighted by atomic mass is 35.5. The first-order valence-corrected chi connectivity index (χ1v) is 8.75. The van der Waals surface area contributed by atoms with Gasteiger partial charge in [0.05, 0.1) is 24.9 Å². The van der Waals surface area contributed by atoms with Crippen LogP contribution >= 0.6 is 22.9 Å². The summed E-state index contributed by atoms with van der Waals surface area (Å²) in [6.07, 6.45) is 2.17. The molecule has 2 aromatic heterocycles. The van der Waals surface area contributed by atoms with Crippen molar-refractivity contribution in [1.82, 2.24) is 19.8 Å². The minimum Gasteiger partial charge on any atom is -0.495 e. The first-order valence-electron chi connectivity index (χ1n) is 7.55. The van der Waals surface area contributed by atoms with E-state index in [0.29, 0.717) is 38.1 Å². The first-order chi connectivity index (χ1) is 12.1.